The first kappa shape index (κ1) is 10.7. The van der Waals surface area contributed by atoms with Gasteiger partial charge in [0.2, 0.25) is 0 Å². The third-order valence-corrected chi connectivity index (χ3v) is 3.50. The van der Waals surface area contributed by atoms with Gasteiger partial charge in [-0.05, 0) is 19.3 Å². The minimum Gasteiger partial charge on any atom is -0.299 e. The average molecular weight is 204 g/mol. The molecule has 1 fully saturated rings. The van der Waals surface area contributed by atoms with Crippen LogP contribution in [0.3, 0.4) is 0 Å². The van der Waals surface area contributed by atoms with Gasteiger partial charge in [-0.2, -0.15) is 0 Å². The quantitative estimate of drug-likeness (QED) is 0.693. The summed E-state index contributed by atoms with van der Waals surface area (Å²) in [6, 6.07) is 0. The maximum atomic E-state index is 11.3. The Kier molecular flexibility index (Phi) is 3.47. The number of carbonyl (C=O) groups is 1. The Bertz CT molecular complexity index is 279. The van der Waals surface area contributed by atoms with E-state index in [4.69, 9.17) is 0 Å². The standard InChI is InChI=1S/C9H16O3S/c1-13(11,12)7-6-8-4-2-3-5-9(8)10/h8H,2-7H2,1H3. The highest BCUT2D eigenvalue weighted by atomic mass is 32.2. The number of rotatable bonds is 3. The van der Waals surface area contributed by atoms with E-state index in [0.29, 0.717) is 12.8 Å². The normalized spacial score (nSPS) is 24.7. The number of carbonyl (C=O) groups excluding carboxylic acids is 1. The molecular weight excluding hydrogens is 188 g/mol. The van der Waals surface area contributed by atoms with Crippen LogP contribution in [-0.4, -0.2) is 26.2 Å². The van der Waals surface area contributed by atoms with Crippen molar-refractivity contribution in [2.24, 2.45) is 5.92 Å². The zero-order valence-corrected chi connectivity index (χ0v) is 8.77. The second-order valence-electron chi connectivity index (χ2n) is 3.83. The molecule has 1 unspecified atom stereocenters. The Morgan fingerprint density at radius 2 is 2.08 bits per heavy atom. The van der Waals surface area contributed by atoms with Gasteiger partial charge in [-0.15, -0.1) is 0 Å². The van der Waals surface area contributed by atoms with Crippen LogP contribution < -0.4 is 0 Å². The summed E-state index contributed by atoms with van der Waals surface area (Å²) in [6.45, 7) is 0. The molecule has 1 atom stereocenters. The lowest BCUT2D eigenvalue weighted by Crippen LogP contribution is -2.21. The summed E-state index contributed by atoms with van der Waals surface area (Å²) in [7, 11) is -2.90. The fraction of sp³-hybridized carbons (Fsp3) is 0.889. The molecule has 0 bridgehead atoms. The zero-order chi connectivity index (χ0) is 9.90. The number of Topliss-reactive ketones (excluding diaryl/α,β-unsaturated/α-hetero) is 1. The van der Waals surface area contributed by atoms with E-state index in [1.54, 1.807) is 0 Å². The molecule has 1 aliphatic rings. The average Bonchev–Trinajstić information content (AvgIpc) is 2.01. The van der Waals surface area contributed by atoms with Crippen LogP contribution in [0.4, 0.5) is 0 Å². The lowest BCUT2D eigenvalue weighted by molar-refractivity contribution is -0.124. The molecule has 0 saturated heterocycles. The molecular formula is C9H16O3S. The molecule has 13 heavy (non-hydrogen) atoms. The summed E-state index contributed by atoms with van der Waals surface area (Å²) in [5, 5.41) is 0. The van der Waals surface area contributed by atoms with E-state index in [1.165, 1.54) is 6.26 Å². The van der Waals surface area contributed by atoms with E-state index in [1.807, 2.05) is 0 Å². The predicted octanol–water partition coefficient (Wildman–Crippen LogP) is 1.18. The van der Waals surface area contributed by atoms with Crippen LogP contribution >= 0.6 is 0 Å². The van der Waals surface area contributed by atoms with Crippen LogP contribution in [0.15, 0.2) is 0 Å². The molecule has 0 heterocycles. The van der Waals surface area contributed by atoms with Crippen LogP contribution in [0.1, 0.15) is 32.1 Å². The van der Waals surface area contributed by atoms with E-state index in [2.05, 4.69) is 0 Å². The van der Waals surface area contributed by atoms with Crippen molar-refractivity contribution in [2.75, 3.05) is 12.0 Å². The lowest BCUT2D eigenvalue weighted by atomic mass is 9.86. The smallest absolute Gasteiger partial charge is 0.147 e. The highest BCUT2D eigenvalue weighted by Gasteiger charge is 2.22. The summed E-state index contributed by atoms with van der Waals surface area (Å²) < 4.78 is 21.7. The topological polar surface area (TPSA) is 51.2 Å². The van der Waals surface area contributed by atoms with Gasteiger partial charge in [0, 0.05) is 18.6 Å². The van der Waals surface area contributed by atoms with E-state index in [9.17, 15) is 13.2 Å². The first-order valence-corrected chi connectivity index (χ1v) is 6.75. The Labute approximate surface area is 79.4 Å². The van der Waals surface area contributed by atoms with Crippen LogP contribution in [0, 0.1) is 5.92 Å². The van der Waals surface area contributed by atoms with Crippen LogP contribution in [0.25, 0.3) is 0 Å². The van der Waals surface area contributed by atoms with Crippen LogP contribution in [0.5, 0.6) is 0 Å². The molecule has 4 heteroatoms. The van der Waals surface area contributed by atoms with Crippen molar-refractivity contribution in [1.82, 2.24) is 0 Å². The molecule has 0 aliphatic heterocycles. The van der Waals surface area contributed by atoms with Crippen LogP contribution in [0.2, 0.25) is 0 Å². The van der Waals surface area contributed by atoms with Crippen molar-refractivity contribution in [3.63, 3.8) is 0 Å². The van der Waals surface area contributed by atoms with E-state index in [-0.39, 0.29) is 17.5 Å². The van der Waals surface area contributed by atoms with E-state index in [0.717, 1.165) is 19.3 Å². The monoisotopic (exact) mass is 204 g/mol. The molecule has 1 saturated carbocycles. The van der Waals surface area contributed by atoms with Gasteiger partial charge in [-0.25, -0.2) is 8.42 Å². The molecule has 76 valence electrons. The molecule has 1 rings (SSSR count). The summed E-state index contributed by atoms with van der Waals surface area (Å²) >= 11 is 0. The third-order valence-electron chi connectivity index (χ3n) is 2.52. The maximum absolute atomic E-state index is 11.3. The third kappa shape index (κ3) is 3.89. The van der Waals surface area contributed by atoms with Crippen molar-refractivity contribution in [2.45, 2.75) is 32.1 Å². The minimum absolute atomic E-state index is 0.0171. The summed E-state index contributed by atoms with van der Waals surface area (Å²) in [6.07, 6.45) is 5.33. The molecule has 0 spiro atoms. The molecule has 3 nitrogen and oxygen atoms in total. The molecule has 0 radical (unpaired) electrons. The largest absolute Gasteiger partial charge is 0.299 e. The highest BCUT2D eigenvalue weighted by molar-refractivity contribution is 7.90. The second kappa shape index (κ2) is 4.22. The Hall–Kier alpha value is -0.380. The van der Waals surface area contributed by atoms with Crippen molar-refractivity contribution < 1.29 is 13.2 Å². The zero-order valence-electron chi connectivity index (χ0n) is 7.95. The summed E-state index contributed by atoms with van der Waals surface area (Å²) in [4.78, 5) is 11.3. The fourth-order valence-corrected chi connectivity index (χ4v) is 2.43. The maximum Gasteiger partial charge on any atom is 0.147 e. The van der Waals surface area contributed by atoms with Crippen molar-refractivity contribution in [3.05, 3.63) is 0 Å². The predicted molar refractivity (Wildman–Crippen MR) is 51.3 cm³/mol. The number of ketones is 1. The highest BCUT2D eigenvalue weighted by Crippen LogP contribution is 2.23. The molecule has 0 N–H and O–H groups in total. The number of hydrogen-bond acceptors (Lipinski definition) is 3. The molecule has 0 aromatic heterocycles. The number of hydrogen-bond donors (Lipinski definition) is 0. The van der Waals surface area contributed by atoms with E-state index >= 15 is 0 Å². The van der Waals surface area contributed by atoms with Gasteiger partial charge < -0.3 is 0 Å². The lowest BCUT2D eigenvalue weighted by Gasteiger charge is -2.19. The Morgan fingerprint density at radius 3 is 2.62 bits per heavy atom. The van der Waals surface area contributed by atoms with Crippen LogP contribution in [-0.2, 0) is 14.6 Å². The molecule has 0 amide bonds. The summed E-state index contributed by atoms with van der Waals surface area (Å²) in [5.74, 6) is 0.432. The SMILES string of the molecule is CS(=O)(=O)CCC1CCCCC1=O. The fourth-order valence-electron chi connectivity index (χ4n) is 1.72. The van der Waals surface area contributed by atoms with Gasteiger partial charge in [-0.1, -0.05) is 6.42 Å². The van der Waals surface area contributed by atoms with Gasteiger partial charge in [-0.3, -0.25) is 4.79 Å². The molecule has 0 aromatic carbocycles. The van der Waals surface area contributed by atoms with Gasteiger partial charge in [0.25, 0.3) is 0 Å². The second-order valence-corrected chi connectivity index (χ2v) is 6.09. The van der Waals surface area contributed by atoms with Crippen molar-refractivity contribution in [3.8, 4) is 0 Å². The van der Waals surface area contributed by atoms with Gasteiger partial charge >= 0.3 is 0 Å². The van der Waals surface area contributed by atoms with E-state index < -0.39 is 9.84 Å². The first-order valence-electron chi connectivity index (χ1n) is 4.69. The molecule has 0 aromatic rings. The number of sulfone groups is 1. The molecule has 1 aliphatic carbocycles. The Balaban J connectivity index is 2.40. The first-order chi connectivity index (χ1) is 5.99. The van der Waals surface area contributed by atoms with Gasteiger partial charge in [0.15, 0.2) is 0 Å². The van der Waals surface area contributed by atoms with Gasteiger partial charge in [0.1, 0.15) is 15.6 Å². The summed E-state index contributed by atoms with van der Waals surface area (Å²) in [5.41, 5.74) is 0. The van der Waals surface area contributed by atoms with Crippen molar-refractivity contribution in [1.29, 1.82) is 0 Å². The van der Waals surface area contributed by atoms with Crippen molar-refractivity contribution >= 4 is 15.6 Å². The van der Waals surface area contributed by atoms with Gasteiger partial charge in [0.05, 0.1) is 5.75 Å². The Morgan fingerprint density at radius 1 is 1.38 bits per heavy atom. The minimum atomic E-state index is -2.90.